The molecule has 0 radical (unpaired) electrons. The molecule has 1 heterocycles. The lowest BCUT2D eigenvalue weighted by molar-refractivity contribution is 0.673. The maximum atomic E-state index is 11.3. The van der Waals surface area contributed by atoms with Crippen LogP contribution < -0.4 is 4.90 Å². The van der Waals surface area contributed by atoms with Crippen molar-refractivity contribution in [2.24, 2.45) is 0 Å². The van der Waals surface area contributed by atoms with Crippen molar-refractivity contribution >= 4 is 44.0 Å². The summed E-state index contributed by atoms with van der Waals surface area (Å²) in [6.07, 6.45) is 0. The molecule has 1 fully saturated rings. The van der Waals surface area contributed by atoms with E-state index in [-0.39, 0.29) is 0 Å². The van der Waals surface area contributed by atoms with E-state index in [1.807, 2.05) is 12.1 Å². The predicted octanol–water partition coefficient (Wildman–Crippen LogP) is 2.80. The highest BCUT2D eigenvalue weighted by molar-refractivity contribution is 9.08. The number of nitrogens with zero attached hydrogens (tertiary/aromatic N) is 1. The first kappa shape index (κ1) is 12.4. The van der Waals surface area contributed by atoms with Gasteiger partial charge in [0.25, 0.3) is 0 Å². The van der Waals surface area contributed by atoms with Crippen molar-refractivity contribution in [1.29, 1.82) is 0 Å². The van der Waals surface area contributed by atoms with Gasteiger partial charge in [0, 0.05) is 40.7 Å². The summed E-state index contributed by atoms with van der Waals surface area (Å²) in [7, 11) is -0.646. The first-order chi connectivity index (χ1) is 7.72. The molecular formula is C11H13BrClNOS. The van der Waals surface area contributed by atoms with Gasteiger partial charge in [0.15, 0.2) is 0 Å². The average Bonchev–Trinajstić information content (AvgIpc) is 2.30. The van der Waals surface area contributed by atoms with Gasteiger partial charge in [-0.25, -0.2) is 0 Å². The van der Waals surface area contributed by atoms with E-state index < -0.39 is 10.8 Å². The van der Waals surface area contributed by atoms with E-state index in [2.05, 4.69) is 26.9 Å². The molecule has 88 valence electrons. The second kappa shape index (κ2) is 5.52. The molecular weight excluding hydrogens is 310 g/mol. The number of anilines is 1. The van der Waals surface area contributed by atoms with E-state index >= 15 is 0 Å². The maximum absolute atomic E-state index is 11.3. The Morgan fingerprint density at radius 3 is 2.69 bits per heavy atom. The van der Waals surface area contributed by atoms with Crippen molar-refractivity contribution < 1.29 is 4.21 Å². The molecule has 1 saturated heterocycles. The smallest absolute Gasteiger partial charge is 0.0642 e. The van der Waals surface area contributed by atoms with Crippen molar-refractivity contribution in [2.45, 2.75) is 5.33 Å². The molecule has 0 atom stereocenters. The van der Waals surface area contributed by atoms with E-state index in [0.29, 0.717) is 0 Å². The summed E-state index contributed by atoms with van der Waals surface area (Å²) in [6, 6.07) is 5.95. The van der Waals surface area contributed by atoms with E-state index in [9.17, 15) is 4.21 Å². The minimum absolute atomic E-state index is 0.646. The second-order valence-electron chi connectivity index (χ2n) is 3.72. The Hall–Kier alpha value is -0.0600. The number of alkyl halides is 1. The molecule has 1 aromatic rings. The molecule has 1 aliphatic heterocycles. The van der Waals surface area contributed by atoms with Gasteiger partial charge in [-0.05, 0) is 11.6 Å². The van der Waals surface area contributed by atoms with Crippen LogP contribution in [0.2, 0.25) is 5.02 Å². The summed E-state index contributed by atoms with van der Waals surface area (Å²) in [6.45, 7) is 1.66. The standard InChI is InChI=1S/C11H13BrClNOS/c12-8-9-2-1-3-10(13)11(9)14-4-6-16(15)7-5-14/h1-3H,4-8H2. The Morgan fingerprint density at radius 2 is 2.06 bits per heavy atom. The largest absolute Gasteiger partial charge is 0.368 e. The molecule has 0 amide bonds. The Kier molecular flexibility index (Phi) is 4.27. The van der Waals surface area contributed by atoms with Crippen LogP contribution in [0.15, 0.2) is 18.2 Å². The van der Waals surface area contributed by atoms with Gasteiger partial charge in [-0.3, -0.25) is 4.21 Å². The van der Waals surface area contributed by atoms with Gasteiger partial charge in [0.05, 0.1) is 10.7 Å². The third kappa shape index (κ3) is 2.60. The topological polar surface area (TPSA) is 20.3 Å². The summed E-state index contributed by atoms with van der Waals surface area (Å²) in [5, 5.41) is 1.58. The van der Waals surface area contributed by atoms with Gasteiger partial charge < -0.3 is 4.90 Å². The van der Waals surface area contributed by atoms with E-state index in [1.165, 1.54) is 5.56 Å². The number of para-hydroxylation sites is 1. The minimum atomic E-state index is -0.646. The molecule has 16 heavy (non-hydrogen) atoms. The summed E-state index contributed by atoms with van der Waals surface area (Å²) in [4.78, 5) is 2.24. The minimum Gasteiger partial charge on any atom is -0.368 e. The Balaban J connectivity index is 2.28. The Morgan fingerprint density at radius 1 is 1.38 bits per heavy atom. The molecule has 1 aliphatic rings. The number of hydrogen-bond donors (Lipinski definition) is 0. The highest BCUT2D eigenvalue weighted by Crippen LogP contribution is 2.31. The van der Waals surface area contributed by atoms with Gasteiger partial charge in [-0.15, -0.1) is 0 Å². The maximum Gasteiger partial charge on any atom is 0.0642 e. The molecule has 1 aromatic carbocycles. The Bertz CT molecular complexity index is 403. The monoisotopic (exact) mass is 321 g/mol. The van der Waals surface area contributed by atoms with Crippen LogP contribution in [0.25, 0.3) is 0 Å². The lowest BCUT2D eigenvalue weighted by atomic mass is 10.2. The average molecular weight is 323 g/mol. The fraction of sp³-hybridized carbons (Fsp3) is 0.455. The van der Waals surface area contributed by atoms with Crippen molar-refractivity contribution in [1.82, 2.24) is 0 Å². The third-order valence-corrected chi connectivity index (χ3v) is 4.89. The van der Waals surface area contributed by atoms with Crippen molar-refractivity contribution in [3.8, 4) is 0 Å². The van der Waals surface area contributed by atoms with Gasteiger partial charge in [-0.2, -0.15) is 0 Å². The predicted molar refractivity (Wildman–Crippen MR) is 74.2 cm³/mol. The number of halogens is 2. The summed E-state index contributed by atoms with van der Waals surface area (Å²) < 4.78 is 11.3. The molecule has 0 unspecified atom stereocenters. The molecule has 0 spiro atoms. The van der Waals surface area contributed by atoms with E-state index in [0.717, 1.165) is 40.6 Å². The van der Waals surface area contributed by atoms with Crippen LogP contribution >= 0.6 is 27.5 Å². The first-order valence-corrected chi connectivity index (χ1v) is 8.14. The number of rotatable bonds is 2. The van der Waals surface area contributed by atoms with Crippen LogP contribution in [0.4, 0.5) is 5.69 Å². The fourth-order valence-corrected chi connectivity index (χ4v) is 3.70. The first-order valence-electron chi connectivity index (χ1n) is 5.15. The summed E-state index contributed by atoms with van der Waals surface area (Å²) >= 11 is 9.72. The van der Waals surface area contributed by atoms with Crippen LogP contribution in [-0.4, -0.2) is 28.8 Å². The highest BCUT2D eigenvalue weighted by Gasteiger charge is 2.19. The quantitative estimate of drug-likeness (QED) is 0.780. The van der Waals surface area contributed by atoms with Crippen LogP contribution in [0.5, 0.6) is 0 Å². The van der Waals surface area contributed by atoms with Crippen LogP contribution in [-0.2, 0) is 16.1 Å². The number of benzene rings is 1. The molecule has 0 N–H and O–H groups in total. The molecule has 0 aliphatic carbocycles. The van der Waals surface area contributed by atoms with Gasteiger partial charge in [0.1, 0.15) is 0 Å². The van der Waals surface area contributed by atoms with Gasteiger partial charge in [0.2, 0.25) is 0 Å². The Labute approximate surface area is 112 Å². The summed E-state index contributed by atoms with van der Waals surface area (Å²) in [5.74, 6) is 1.49. The van der Waals surface area contributed by atoms with Crippen LogP contribution in [0.3, 0.4) is 0 Å². The molecule has 0 aromatic heterocycles. The lowest BCUT2D eigenvalue weighted by Gasteiger charge is -2.30. The zero-order valence-electron chi connectivity index (χ0n) is 8.79. The number of hydrogen-bond acceptors (Lipinski definition) is 2. The molecule has 5 heteroatoms. The van der Waals surface area contributed by atoms with Crippen LogP contribution in [0, 0.1) is 0 Å². The van der Waals surface area contributed by atoms with Crippen molar-refractivity contribution in [3.05, 3.63) is 28.8 Å². The fourth-order valence-electron chi connectivity index (χ4n) is 1.88. The molecule has 2 rings (SSSR count). The van der Waals surface area contributed by atoms with Crippen molar-refractivity contribution in [2.75, 3.05) is 29.5 Å². The molecule has 0 saturated carbocycles. The zero-order chi connectivity index (χ0) is 11.5. The van der Waals surface area contributed by atoms with Gasteiger partial charge in [-0.1, -0.05) is 39.7 Å². The zero-order valence-corrected chi connectivity index (χ0v) is 11.9. The van der Waals surface area contributed by atoms with Crippen molar-refractivity contribution in [3.63, 3.8) is 0 Å². The second-order valence-corrected chi connectivity index (χ2v) is 6.38. The van der Waals surface area contributed by atoms with Crippen LogP contribution in [0.1, 0.15) is 5.56 Å². The summed E-state index contributed by atoms with van der Waals surface area (Å²) in [5.41, 5.74) is 2.29. The lowest BCUT2D eigenvalue weighted by Crippen LogP contribution is -2.38. The SMILES string of the molecule is O=S1CCN(c2c(Cl)cccc2CBr)CC1. The highest BCUT2D eigenvalue weighted by atomic mass is 79.9. The normalized spacial score (nSPS) is 17.8. The molecule has 0 bridgehead atoms. The molecule has 2 nitrogen and oxygen atoms in total. The van der Waals surface area contributed by atoms with Gasteiger partial charge >= 0.3 is 0 Å². The van der Waals surface area contributed by atoms with E-state index in [4.69, 9.17) is 11.6 Å². The third-order valence-electron chi connectivity index (χ3n) is 2.71. The van der Waals surface area contributed by atoms with E-state index in [1.54, 1.807) is 0 Å².